The standard InChI is InChI=1S/C6H6N4O/c7-6(11)5-3-1-8-2-4(3)9-10-5/h1,8H,2H2,(H2,7,11). The van der Waals surface area contributed by atoms with Gasteiger partial charge in [0.15, 0.2) is 5.71 Å². The Morgan fingerprint density at radius 1 is 1.64 bits per heavy atom. The number of nitrogens with zero attached hydrogens (tertiary/aromatic N) is 2. The molecule has 2 aliphatic rings. The van der Waals surface area contributed by atoms with Crippen LogP contribution >= 0.6 is 0 Å². The second-order valence-corrected chi connectivity index (χ2v) is 2.30. The van der Waals surface area contributed by atoms with Crippen LogP contribution in [0.3, 0.4) is 0 Å². The minimum absolute atomic E-state index is 0.255. The first kappa shape index (κ1) is 6.09. The summed E-state index contributed by atoms with van der Waals surface area (Å²) in [6.07, 6.45) is 1.70. The molecule has 0 unspecified atom stereocenters. The van der Waals surface area contributed by atoms with Crippen molar-refractivity contribution in [2.75, 3.05) is 6.54 Å². The lowest BCUT2D eigenvalue weighted by molar-refractivity contribution is -0.111. The largest absolute Gasteiger partial charge is 0.385 e. The lowest BCUT2D eigenvalue weighted by Crippen LogP contribution is -2.24. The van der Waals surface area contributed by atoms with Crippen molar-refractivity contribution in [1.29, 1.82) is 0 Å². The van der Waals surface area contributed by atoms with Gasteiger partial charge in [-0.1, -0.05) is 0 Å². The number of nitrogens with two attached hydrogens (primary N) is 1. The maximum atomic E-state index is 10.7. The molecular formula is C6H6N4O. The molecule has 11 heavy (non-hydrogen) atoms. The quantitative estimate of drug-likeness (QED) is 0.490. The van der Waals surface area contributed by atoms with E-state index in [1.807, 2.05) is 0 Å². The minimum Gasteiger partial charge on any atom is -0.385 e. The Morgan fingerprint density at radius 2 is 2.45 bits per heavy atom. The Morgan fingerprint density at radius 3 is 3.18 bits per heavy atom. The van der Waals surface area contributed by atoms with E-state index in [4.69, 9.17) is 5.73 Å². The van der Waals surface area contributed by atoms with Crippen LogP contribution in [0.1, 0.15) is 0 Å². The third-order valence-electron chi connectivity index (χ3n) is 1.59. The first-order valence-electron chi connectivity index (χ1n) is 3.17. The molecule has 0 radical (unpaired) electrons. The van der Waals surface area contributed by atoms with E-state index >= 15 is 0 Å². The highest BCUT2D eigenvalue weighted by atomic mass is 16.1. The summed E-state index contributed by atoms with van der Waals surface area (Å²) in [4.78, 5) is 10.7. The maximum Gasteiger partial charge on any atom is 0.269 e. The maximum absolute atomic E-state index is 10.7. The third kappa shape index (κ3) is 0.739. The van der Waals surface area contributed by atoms with Gasteiger partial charge in [-0.05, 0) is 0 Å². The number of primary amides is 1. The molecule has 0 spiro atoms. The smallest absolute Gasteiger partial charge is 0.269 e. The molecule has 5 nitrogen and oxygen atoms in total. The van der Waals surface area contributed by atoms with Crippen LogP contribution in [0.5, 0.6) is 0 Å². The Kier molecular flexibility index (Phi) is 1.06. The molecule has 2 rings (SSSR count). The average molecular weight is 150 g/mol. The summed E-state index contributed by atoms with van der Waals surface area (Å²) in [5.41, 5.74) is 6.82. The number of carbonyl (C=O) groups excluding carboxylic acids is 1. The Hall–Kier alpha value is -1.65. The summed E-state index contributed by atoms with van der Waals surface area (Å²) in [5.74, 6) is -0.529. The molecule has 56 valence electrons. The normalized spacial score (nSPS) is 19.8. The molecule has 0 aromatic carbocycles. The van der Waals surface area contributed by atoms with E-state index < -0.39 is 5.91 Å². The molecule has 3 N–H and O–H groups in total. The van der Waals surface area contributed by atoms with E-state index in [9.17, 15) is 4.79 Å². The number of fused-ring (bicyclic) bond motifs is 1. The van der Waals surface area contributed by atoms with Crippen molar-refractivity contribution in [1.82, 2.24) is 5.32 Å². The molecule has 0 aliphatic carbocycles. The van der Waals surface area contributed by atoms with Gasteiger partial charge in [0.25, 0.3) is 5.91 Å². The predicted molar refractivity (Wildman–Crippen MR) is 40.2 cm³/mol. The van der Waals surface area contributed by atoms with E-state index in [1.165, 1.54) is 0 Å². The van der Waals surface area contributed by atoms with E-state index in [0.717, 1.165) is 11.3 Å². The van der Waals surface area contributed by atoms with Gasteiger partial charge in [-0.3, -0.25) is 4.79 Å². The molecule has 0 aromatic heterocycles. The van der Waals surface area contributed by atoms with Crippen molar-refractivity contribution in [3.05, 3.63) is 11.8 Å². The van der Waals surface area contributed by atoms with Crippen LogP contribution in [-0.2, 0) is 4.79 Å². The second-order valence-electron chi connectivity index (χ2n) is 2.30. The summed E-state index contributed by atoms with van der Waals surface area (Å²) >= 11 is 0. The number of hydrogen-bond donors (Lipinski definition) is 2. The molecule has 0 saturated heterocycles. The zero-order valence-corrected chi connectivity index (χ0v) is 5.66. The van der Waals surface area contributed by atoms with Crippen LogP contribution in [0.2, 0.25) is 0 Å². The highest BCUT2D eigenvalue weighted by molar-refractivity contribution is 6.53. The monoisotopic (exact) mass is 150 g/mol. The first-order chi connectivity index (χ1) is 5.29. The summed E-state index contributed by atoms with van der Waals surface area (Å²) in [6.45, 7) is 0.635. The minimum atomic E-state index is -0.529. The Bertz CT molecular complexity index is 313. The predicted octanol–water partition coefficient (Wildman–Crippen LogP) is -1.23. The van der Waals surface area contributed by atoms with Gasteiger partial charge in [-0.25, -0.2) is 0 Å². The van der Waals surface area contributed by atoms with Crippen molar-refractivity contribution in [2.24, 2.45) is 15.9 Å². The lowest BCUT2D eigenvalue weighted by Gasteiger charge is -1.91. The SMILES string of the molecule is NC(=O)C1=NN=C2CNC=C21. The van der Waals surface area contributed by atoms with Crippen LogP contribution in [0.4, 0.5) is 0 Å². The number of hydrogen-bond acceptors (Lipinski definition) is 4. The fourth-order valence-corrected chi connectivity index (χ4v) is 1.07. The van der Waals surface area contributed by atoms with Crippen LogP contribution < -0.4 is 11.1 Å². The van der Waals surface area contributed by atoms with Gasteiger partial charge in [0.1, 0.15) is 0 Å². The van der Waals surface area contributed by atoms with Crippen molar-refractivity contribution in [2.45, 2.75) is 0 Å². The fourth-order valence-electron chi connectivity index (χ4n) is 1.07. The molecular weight excluding hydrogens is 144 g/mol. The molecule has 0 fully saturated rings. The first-order valence-corrected chi connectivity index (χ1v) is 3.17. The van der Waals surface area contributed by atoms with Crippen LogP contribution in [-0.4, -0.2) is 23.9 Å². The molecule has 0 aromatic rings. The summed E-state index contributed by atoms with van der Waals surface area (Å²) in [6, 6.07) is 0. The van der Waals surface area contributed by atoms with Gasteiger partial charge in [0.05, 0.1) is 12.3 Å². The van der Waals surface area contributed by atoms with Crippen molar-refractivity contribution >= 4 is 17.3 Å². The van der Waals surface area contributed by atoms with Crippen LogP contribution in [0.15, 0.2) is 22.0 Å². The van der Waals surface area contributed by atoms with Crippen molar-refractivity contribution in [3.8, 4) is 0 Å². The number of rotatable bonds is 1. The van der Waals surface area contributed by atoms with Gasteiger partial charge in [-0.2, -0.15) is 5.10 Å². The van der Waals surface area contributed by atoms with Gasteiger partial charge >= 0.3 is 0 Å². The van der Waals surface area contributed by atoms with E-state index in [-0.39, 0.29) is 5.71 Å². The van der Waals surface area contributed by atoms with Gasteiger partial charge in [0.2, 0.25) is 0 Å². The highest BCUT2D eigenvalue weighted by Gasteiger charge is 2.26. The summed E-state index contributed by atoms with van der Waals surface area (Å²) in [5, 5.41) is 10.3. The zero-order chi connectivity index (χ0) is 7.84. The molecule has 0 saturated carbocycles. The van der Waals surface area contributed by atoms with Crippen LogP contribution in [0.25, 0.3) is 0 Å². The van der Waals surface area contributed by atoms with Crippen LogP contribution in [0, 0.1) is 0 Å². The van der Waals surface area contributed by atoms with Crippen molar-refractivity contribution in [3.63, 3.8) is 0 Å². The third-order valence-corrected chi connectivity index (χ3v) is 1.59. The van der Waals surface area contributed by atoms with E-state index in [0.29, 0.717) is 6.54 Å². The van der Waals surface area contributed by atoms with E-state index in [2.05, 4.69) is 15.5 Å². The second kappa shape index (κ2) is 1.91. The van der Waals surface area contributed by atoms with Crippen molar-refractivity contribution < 1.29 is 4.79 Å². The van der Waals surface area contributed by atoms with Gasteiger partial charge in [-0.15, -0.1) is 5.10 Å². The Balaban J connectivity index is 2.38. The van der Waals surface area contributed by atoms with E-state index in [1.54, 1.807) is 6.20 Å². The molecule has 5 heteroatoms. The Labute approximate surface area is 62.7 Å². The van der Waals surface area contributed by atoms with Gasteiger partial charge in [0, 0.05) is 11.8 Å². The lowest BCUT2D eigenvalue weighted by atomic mass is 10.1. The number of carbonyl (C=O) groups is 1. The molecule has 2 heterocycles. The zero-order valence-electron chi connectivity index (χ0n) is 5.66. The summed E-state index contributed by atoms with van der Waals surface area (Å²) < 4.78 is 0. The highest BCUT2D eigenvalue weighted by Crippen LogP contribution is 2.12. The average Bonchev–Trinajstić information content (AvgIpc) is 2.41. The fraction of sp³-hybridized carbons (Fsp3) is 0.167. The molecule has 0 bridgehead atoms. The molecule has 0 atom stereocenters. The topological polar surface area (TPSA) is 79.8 Å². The number of nitrogens with one attached hydrogen (secondary N) is 1. The summed E-state index contributed by atoms with van der Waals surface area (Å²) in [7, 11) is 0. The van der Waals surface area contributed by atoms with Gasteiger partial charge < -0.3 is 11.1 Å². The molecule has 1 amide bonds. The molecule has 2 aliphatic heterocycles. The number of amides is 1.